The molecule has 1 atom stereocenters. The highest BCUT2D eigenvalue weighted by Gasteiger charge is 2.16. The summed E-state index contributed by atoms with van der Waals surface area (Å²) in [4.78, 5) is 9.55. The lowest BCUT2D eigenvalue weighted by molar-refractivity contribution is -0.385. The van der Waals surface area contributed by atoms with Gasteiger partial charge in [0.15, 0.2) is 11.6 Å². The zero-order valence-corrected chi connectivity index (χ0v) is 9.67. The van der Waals surface area contributed by atoms with E-state index in [2.05, 4.69) is 5.32 Å². The summed E-state index contributed by atoms with van der Waals surface area (Å²) in [6.07, 6.45) is 0.878. The van der Waals surface area contributed by atoms with Crippen LogP contribution in [0.5, 0.6) is 0 Å². The van der Waals surface area contributed by atoms with Crippen LogP contribution in [0.3, 0.4) is 0 Å². The van der Waals surface area contributed by atoms with E-state index in [-0.39, 0.29) is 11.6 Å². The molecule has 0 saturated carbocycles. The van der Waals surface area contributed by atoms with Crippen molar-refractivity contribution in [1.82, 2.24) is 0 Å². The van der Waals surface area contributed by atoms with Crippen molar-refractivity contribution in [1.29, 1.82) is 0 Å². The standard InChI is InChI=1S/C11H14F2N2O2/c1-3-7(2)6-14-11-9(12)4-8(15(16)17)5-10(11)13/h4-5,7,14H,3,6H2,1-2H3. The molecule has 1 N–H and O–H groups in total. The van der Waals surface area contributed by atoms with Crippen LogP contribution < -0.4 is 5.32 Å². The maximum atomic E-state index is 13.4. The Balaban J connectivity index is 2.90. The monoisotopic (exact) mass is 244 g/mol. The second-order valence-corrected chi connectivity index (χ2v) is 3.94. The van der Waals surface area contributed by atoms with Gasteiger partial charge in [-0.1, -0.05) is 20.3 Å². The number of anilines is 1. The number of nitrogens with one attached hydrogen (secondary N) is 1. The summed E-state index contributed by atoms with van der Waals surface area (Å²) in [7, 11) is 0. The van der Waals surface area contributed by atoms with Crippen LogP contribution in [0.15, 0.2) is 12.1 Å². The van der Waals surface area contributed by atoms with Gasteiger partial charge in [0.05, 0.1) is 17.1 Å². The lowest BCUT2D eigenvalue weighted by atomic mass is 10.1. The summed E-state index contributed by atoms with van der Waals surface area (Å²) in [5, 5.41) is 13.0. The molecule has 0 spiro atoms. The number of nitro groups is 1. The molecule has 4 nitrogen and oxygen atoms in total. The topological polar surface area (TPSA) is 55.2 Å². The molecular formula is C11H14F2N2O2. The Morgan fingerprint density at radius 2 is 1.94 bits per heavy atom. The molecule has 1 aromatic rings. The number of hydrogen-bond acceptors (Lipinski definition) is 3. The first-order chi connectivity index (χ1) is 7.95. The fraction of sp³-hybridized carbons (Fsp3) is 0.455. The molecule has 0 heterocycles. The van der Waals surface area contributed by atoms with Gasteiger partial charge in [0.2, 0.25) is 0 Å². The van der Waals surface area contributed by atoms with Crippen molar-refractivity contribution in [3.63, 3.8) is 0 Å². The Hall–Kier alpha value is -1.72. The predicted octanol–water partition coefficient (Wildman–Crippen LogP) is 3.33. The van der Waals surface area contributed by atoms with Crippen molar-refractivity contribution < 1.29 is 13.7 Å². The lowest BCUT2D eigenvalue weighted by Gasteiger charge is -2.12. The second-order valence-electron chi connectivity index (χ2n) is 3.94. The number of nitrogens with zero attached hydrogens (tertiary/aromatic N) is 1. The molecule has 0 aliphatic heterocycles. The maximum Gasteiger partial charge on any atom is 0.275 e. The molecule has 0 radical (unpaired) electrons. The van der Waals surface area contributed by atoms with Crippen LogP contribution in [-0.4, -0.2) is 11.5 Å². The highest BCUT2D eigenvalue weighted by Crippen LogP contribution is 2.25. The Morgan fingerprint density at radius 1 is 1.41 bits per heavy atom. The molecule has 1 aromatic carbocycles. The van der Waals surface area contributed by atoms with Crippen LogP contribution >= 0.6 is 0 Å². The minimum absolute atomic E-state index is 0.268. The number of halogens is 2. The fourth-order valence-electron chi connectivity index (χ4n) is 1.25. The molecule has 0 aliphatic rings. The van der Waals surface area contributed by atoms with E-state index in [1.807, 2.05) is 13.8 Å². The summed E-state index contributed by atoms with van der Waals surface area (Å²) in [5.74, 6) is -1.62. The molecule has 0 bridgehead atoms. The van der Waals surface area contributed by atoms with E-state index in [9.17, 15) is 18.9 Å². The Morgan fingerprint density at radius 3 is 2.35 bits per heavy atom. The van der Waals surface area contributed by atoms with E-state index in [1.165, 1.54) is 0 Å². The minimum Gasteiger partial charge on any atom is -0.380 e. The van der Waals surface area contributed by atoms with E-state index >= 15 is 0 Å². The SMILES string of the molecule is CCC(C)CNc1c(F)cc([N+](=O)[O-])cc1F. The molecule has 17 heavy (non-hydrogen) atoms. The molecule has 94 valence electrons. The quantitative estimate of drug-likeness (QED) is 0.638. The first kappa shape index (κ1) is 13.3. The molecule has 0 amide bonds. The Bertz CT molecular complexity index is 401. The summed E-state index contributed by atoms with van der Waals surface area (Å²) >= 11 is 0. The van der Waals surface area contributed by atoms with Gasteiger partial charge in [-0.25, -0.2) is 8.78 Å². The number of nitro benzene ring substituents is 1. The van der Waals surface area contributed by atoms with Gasteiger partial charge in [-0.05, 0) is 5.92 Å². The van der Waals surface area contributed by atoms with Gasteiger partial charge < -0.3 is 5.32 Å². The lowest BCUT2D eigenvalue weighted by Crippen LogP contribution is -2.12. The van der Waals surface area contributed by atoms with Crippen LogP contribution in [0.2, 0.25) is 0 Å². The smallest absolute Gasteiger partial charge is 0.275 e. The molecule has 0 aromatic heterocycles. The van der Waals surface area contributed by atoms with Gasteiger partial charge in [-0.2, -0.15) is 0 Å². The van der Waals surface area contributed by atoms with Gasteiger partial charge in [-0.3, -0.25) is 10.1 Å². The molecule has 1 rings (SSSR count). The zero-order chi connectivity index (χ0) is 13.0. The van der Waals surface area contributed by atoms with Gasteiger partial charge in [0.1, 0.15) is 5.69 Å². The van der Waals surface area contributed by atoms with Crippen LogP contribution in [0.4, 0.5) is 20.2 Å². The van der Waals surface area contributed by atoms with Crippen molar-refractivity contribution in [3.8, 4) is 0 Å². The number of hydrogen-bond donors (Lipinski definition) is 1. The van der Waals surface area contributed by atoms with E-state index < -0.39 is 22.2 Å². The zero-order valence-electron chi connectivity index (χ0n) is 9.67. The van der Waals surface area contributed by atoms with Crippen molar-refractivity contribution in [2.24, 2.45) is 5.92 Å². The van der Waals surface area contributed by atoms with E-state index in [1.54, 1.807) is 0 Å². The van der Waals surface area contributed by atoms with Crippen LogP contribution in [-0.2, 0) is 0 Å². The summed E-state index contributed by atoms with van der Waals surface area (Å²) in [5.41, 5.74) is -0.898. The molecule has 6 heteroatoms. The first-order valence-corrected chi connectivity index (χ1v) is 5.33. The van der Waals surface area contributed by atoms with Crippen LogP contribution in [0.25, 0.3) is 0 Å². The molecular weight excluding hydrogens is 230 g/mol. The van der Waals surface area contributed by atoms with Crippen molar-refractivity contribution in [2.45, 2.75) is 20.3 Å². The highest BCUT2D eigenvalue weighted by molar-refractivity contribution is 5.51. The van der Waals surface area contributed by atoms with E-state index in [0.717, 1.165) is 6.42 Å². The Kier molecular flexibility index (Phi) is 4.37. The fourth-order valence-corrected chi connectivity index (χ4v) is 1.25. The normalized spacial score (nSPS) is 12.2. The third kappa shape index (κ3) is 3.37. The Labute approximate surface area is 97.8 Å². The second kappa shape index (κ2) is 5.56. The van der Waals surface area contributed by atoms with Crippen molar-refractivity contribution in [3.05, 3.63) is 33.9 Å². The van der Waals surface area contributed by atoms with Gasteiger partial charge in [0, 0.05) is 6.54 Å². The predicted molar refractivity (Wildman–Crippen MR) is 61.0 cm³/mol. The highest BCUT2D eigenvalue weighted by atomic mass is 19.1. The number of non-ortho nitro benzene ring substituents is 1. The van der Waals surface area contributed by atoms with E-state index in [4.69, 9.17) is 0 Å². The number of benzene rings is 1. The van der Waals surface area contributed by atoms with Crippen molar-refractivity contribution >= 4 is 11.4 Å². The molecule has 1 unspecified atom stereocenters. The third-order valence-corrected chi connectivity index (χ3v) is 2.56. The van der Waals surface area contributed by atoms with Gasteiger partial charge in [0.25, 0.3) is 5.69 Å². The van der Waals surface area contributed by atoms with Gasteiger partial charge in [-0.15, -0.1) is 0 Å². The first-order valence-electron chi connectivity index (χ1n) is 5.33. The molecule has 0 aliphatic carbocycles. The summed E-state index contributed by atoms with van der Waals surface area (Å²) in [6, 6.07) is 1.42. The third-order valence-electron chi connectivity index (χ3n) is 2.56. The summed E-state index contributed by atoms with van der Waals surface area (Å²) < 4.78 is 26.8. The van der Waals surface area contributed by atoms with E-state index in [0.29, 0.717) is 18.7 Å². The van der Waals surface area contributed by atoms with Crippen molar-refractivity contribution in [2.75, 3.05) is 11.9 Å². The summed E-state index contributed by atoms with van der Waals surface area (Å²) in [6.45, 7) is 4.32. The van der Waals surface area contributed by atoms with Gasteiger partial charge >= 0.3 is 0 Å². The molecule has 0 saturated heterocycles. The average Bonchev–Trinajstić information content (AvgIpc) is 2.27. The van der Waals surface area contributed by atoms with Crippen LogP contribution in [0, 0.1) is 27.7 Å². The number of rotatable bonds is 5. The van der Waals surface area contributed by atoms with Crippen LogP contribution in [0.1, 0.15) is 20.3 Å². The maximum absolute atomic E-state index is 13.4. The average molecular weight is 244 g/mol. The minimum atomic E-state index is -0.944. The molecule has 0 fully saturated rings. The largest absolute Gasteiger partial charge is 0.380 e.